The Hall–Kier alpha value is -2.37. The highest BCUT2D eigenvalue weighted by Crippen LogP contribution is 2.15. The van der Waals surface area contributed by atoms with Crippen LogP contribution in [0, 0.1) is 12.7 Å². The van der Waals surface area contributed by atoms with Gasteiger partial charge in [-0.1, -0.05) is 5.16 Å². The van der Waals surface area contributed by atoms with Crippen molar-refractivity contribution < 1.29 is 13.7 Å². The number of aromatic nitrogens is 1. The molecule has 2 rings (SSSR count). The Labute approximate surface area is 109 Å². The summed E-state index contributed by atoms with van der Waals surface area (Å²) < 4.78 is 18.6. The van der Waals surface area contributed by atoms with Crippen LogP contribution in [0.3, 0.4) is 0 Å². The second-order valence-corrected chi connectivity index (χ2v) is 4.33. The molecule has 0 unspecified atom stereocenters. The summed E-state index contributed by atoms with van der Waals surface area (Å²) in [7, 11) is 1.57. The zero-order valence-corrected chi connectivity index (χ0v) is 10.7. The van der Waals surface area contributed by atoms with Crippen LogP contribution in [-0.4, -0.2) is 23.0 Å². The van der Waals surface area contributed by atoms with E-state index in [0.29, 0.717) is 11.5 Å². The molecule has 0 fully saturated rings. The van der Waals surface area contributed by atoms with Gasteiger partial charge in [-0.25, -0.2) is 4.39 Å². The fraction of sp³-hybridized carbons (Fsp3) is 0.231. The molecule has 1 aromatic carbocycles. The number of nitrogen functional groups attached to an aromatic ring is 1. The third kappa shape index (κ3) is 2.90. The molecule has 0 aliphatic rings. The second-order valence-electron chi connectivity index (χ2n) is 4.33. The van der Waals surface area contributed by atoms with Crippen molar-refractivity contribution in [3.63, 3.8) is 0 Å². The van der Waals surface area contributed by atoms with Gasteiger partial charge in [-0.15, -0.1) is 0 Å². The van der Waals surface area contributed by atoms with Gasteiger partial charge in [-0.05, 0) is 25.1 Å². The average Bonchev–Trinajstić information content (AvgIpc) is 2.74. The van der Waals surface area contributed by atoms with Crippen LogP contribution in [-0.2, 0) is 6.54 Å². The highest BCUT2D eigenvalue weighted by atomic mass is 19.1. The lowest BCUT2D eigenvalue weighted by molar-refractivity contribution is 0.0777. The number of hydrogen-bond donors (Lipinski definition) is 1. The number of carbonyl (C=O) groups excluding carboxylic acids is 1. The number of benzene rings is 1. The van der Waals surface area contributed by atoms with E-state index in [1.807, 2.05) is 0 Å². The minimum atomic E-state index is -0.631. The summed E-state index contributed by atoms with van der Waals surface area (Å²) in [6.45, 7) is 2.01. The van der Waals surface area contributed by atoms with Crippen LogP contribution in [0.25, 0.3) is 0 Å². The van der Waals surface area contributed by atoms with E-state index in [4.69, 9.17) is 10.3 Å². The zero-order valence-electron chi connectivity index (χ0n) is 10.7. The molecule has 2 aromatic rings. The molecular formula is C13H14FN3O2. The molecule has 1 heterocycles. The first-order chi connectivity index (χ1) is 8.97. The molecule has 0 saturated heterocycles. The predicted octanol–water partition coefficient (Wildman–Crippen LogP) is 1.98. The number of nitrogens with zero attached hydrogens (tertiary/aromatic N) is 2. The van der Waals surface area contributed by atoms with Gasteiger partial charge in [0, 0.05) is 18.8 Å². The van der Waals surface area contributed by atoms with Crippen molar-refractivity contribution in [3.05, 3.63) is 47.1 Å². The molecule has 19 heavy (non-hydrogen) atoms. The van der Waals surface area contributed by atoms with E-state index in [1.54, 1.807) is 20.0 Å². The summed E-state index contributed by atoms with van der Waals surface area (Å²) >= 11 is 0. The van der Waals surface area contributed by atoms with Crippen LogP contribution < -0.4 is 5.73 Å². The smallest absolute Gasteiger partial charge is 0.256 e. The SMILES string of the molecule is Cc1cc(CN(C)C(=O)c2ccc(N)cc2F)no1. The second kappa shape index (κ2) is 5.09. The number of nitrogens with two attached hydrogens (primary N) is 1. The van der Waals surface area contributed by atoms with E-state index in [0.717, 1.165) is 6.07 Å². The fourth-order valence-electron chi connectivity index (χ4n) is 1.72. The molecule has 0 atom stereocenters. The Bertz CT molecular complexity index is 610. The van der Waals surface area contributed by atoms with Crippen molar-refractivity contribution in [3.8, 4) is 0 Å². The summed E-state index contributed by atoms with van der Waals surface area (Å²) in [5.74, 6) is -0.402. The van der Waals surface area contributed by atoms with E-state index in [2.05, 4.69) is 5.16 Å². The first-order valence-electron chi connectivity index (χ1n) is 5.70. The van der Waals surface area contributed by atoms with Crippen LogP contribution >= 0.6 is 0 Å². The predicted molar refractivity (Wildman–Crippen MR) is 67.8 cm³/mol. The van der Waals surface area contributed by atoms with Crippen molar-refractivity contribution in [1.82, 2.24) is 10.1 Å². The third-order valence-electron chi connectivity index (χ3n) is 2.65. The molecule has 0 spiro atoms. The van der Waals surface area contributed by atoms with Crippen LogP contribution in [0.4, 0.5) is 10.1 Å². The molecular weight excluding hydrogens is 249 g/mol. The molecule has 0 bridgehead atoms. The molecule has 1 aromatic heterocycles. The minimum absolute atomic E-state index is 0.0167. The van der Waals surface area contributed by atoms with E-state index < -0.39 is 11.7 Å². The van der Waals surface area contributed by atoms with Gasteiger partial charge in [0.1, 0.15) is 17.3 Å². The topological polar surface area (TPSA) is 72.4 Å². The maximum absolute atomic E-state index is 13.6. The largest absolute Gasteiger partial charge is 0.399 e. The van der Waals surface area contributed by atoms with Crippen molar-refractivity contribution in [1.29, 1.82) is 0 Å². The molecule has 0 aliphatic carbocycles. The molecule has 100 valence electrons. The number of anilines is 1. The van der Waals surface area contributed by atoms with Gasteiger partial charge < -0.3 is 15.2 Å². The summed E-state index contributed by atoms with van der Waals surface area (Å²) in [4.78, 5) is 13.4. The van der Waals surface area contributed by atoms with Crippen molar-refractivity contribution in [2.45, 2.75) is 13.5 Å². The van der Waals surface area contributed by atoms with Gasteiger partial charge in [0.05, 0.1) is 12.1 Å². The standard InChI is InChI=1S/C13H14FN3O2/c1-8-5-10(16-19-8)7-17(2)13(18)11-4-3-9(15)6-12(11)14/h3-6H,7,15H2,1-2H3. The van der Waals surface area contributed by atoms with E-state index >= 15 is 0 Å². The van der Waals surface area contributed by atoms with Crippen molar-refractivity contribution in [2.24, 2.45) is 0 Å². The molecule has 2 N–H and O–H groups in total. The van der Waals surface area contributed by atoms with Crippen molar-refractivity contribution >= 4 is 11.6 Å². The fourth-order valence-corrected chi connectivity index (χ4v) is 1.72. The van der Waals surface area contributed by atoms with Gasteiger partial charge in [-0.2, -0.15) is 0 Å². The highest BCUT2D eigenvalue weighted by molar-refractivity contribution is 5.94. The quantitative estimate of drug-likeness (QED) is 0.859. The molecule has 6 heteroatoms. The van der Waals surface area contributed by atoms with Crippen LogP contribution in [0.1, 0.15) is 21.8 Å². The van der Waals surface area contributed by atoms with Gasteiger partial charge in [0.2, 0.25) is 0 Å². The molecule has 5 nitrogen and oxygen atoms in total. The Balaban J connectivity index is 2.14. The molecule has 1 amide bonds. The van der Waals surface area contributed by atoms with Gasteiger partial charge >= 0.3 is 0 Å². The third-order valence-corrected chi connectivity index (χ3v) is 2.65. The van der Waals surface area contributed by atoms with E-state index in [1.165, 1.54) is 17.0 Å². The molecule has 0 saturated carbocycles. The summed E-state index contributed by atoms with van der Waals surface area (Å²) in [6.07, 6.45) is 0. The first-order valence-corrected chi connectivity index (χ1v) is 5.70. The average molecular weight is 263 g/mol. The number of amides is 1. The minimum Gasteiger partial charge on any atom is -0.399 e. The zero-order chi connectivity index (χ0) is 14.0. The lowest BCUT2D eigenvalue weighted by Gasteiger charge is -2.16. The Morgan fingerprint density at radius 2 is 2.21 bits per heavy atom. The van der Waals surface area contributed by atoms with Crippen LogP contribution in [0.2, 0.25) is 0 Å². The van der Waals surface area contributed by atoms with Crippen LogP contribution in [0.5, 0.6) is 0 Å². The maximum Gasteiger partial charge on any atom is 0.256 e. The summed E-state index contributed by atoms with van der Waals surface area (Å²) in [5, 5.41) is 3.79. The van der Waals surface area contributed by atoms with Gasteiger partial charge in [0.15, 0.2) is 0 Å². The Morgan fingerprint density at radius 1 is 1.47 bits per heavy atom. The molecule has 0 aliphatic heterocycles. The monoisotopic (exact) mass is 263 g/mol. The van der Waals surface area contributed by atoms with Gasteiger partial charge in [-0.3, -0.25) is 4.79 Å². The molecule has 0 radical (unpaired) electrons. The number of halogens is 1. The lowest BCUT2D eigenvalue weighted by Crippen LogP contribution is -2.27. The number of rotatable bonds is 3. The number of aryl methyl sites for hydroxylation is 1. The summed E-state index contributed by atoms with van der Waals surface area (Å²) in [5.41, 5.74) is 6.32. The maximum atomic E-state index is 13.6. The number of hydrogen-bond acceptors (Lipinski definition) is 4. The number of carbonyl (C=O) groups is 1. The van der Waals surface area contributed by atoms with Crippen molar-refractivity contribution in [2.75, 3.05) is 12.8 Å². The highest BCUT2D eigenvalue weighted by Gasteiger charge is 2.17. The summed E-state index contributed by atoms with van der Waals surface area (Å²) in [6, 6.07) is 5.71. The van der Waals surface area contributed by atoms with Gasteiger partial charge in [0.25, 0.3) is 5.91 Å². The Morgan fingerprint density at radius 3 is 2.79 bits per heavy atom. The normalized spacial score (nSPS) is 10.5. The Kier molecular flexibility index (Phi) is 3.50. The van der Waals surface area contributed by atoms with E-state index in [9.17, 15) is 9.18 Å². The van der Waals surface area contributed by atoms with E-state index in [-0.39, 0.29) is 17.8 Å². The van der Waals surface area contributed by atoms with Crippen LogP contribution in [0.15, 0.2) is 28.8 Å². The first kappa shape index (κ1) is 13.1. The lowest BCUT2D eigenvalue weighted by atomic mass is 10.1.